The maximum Gasteiger partial charge on any atom is 0.401 e. The molecule has 0 bridgehead atoms. The van der Waals surface area contributed by atoms with Crippen molar-refractivity contribution in [3.8, 4) is 0 Å². The molecule has 0 aromatic heterocycles. The lowest BCUT2D eigenvalue weighted by atomic mass is 10.0. The Morgan fingerprint density at radius 1 is 1.10 bits per heavy atom. The Morgan fingerprint density at radius 3 is 2.17 bits per heavy atom. The van der Waals surface area contributed by atoms with Crippen LogP contribution in [-0.4, -0.2) is 47.8 Å². The van der Waals surface area contributed by atoms with Crippen LogP contribution in [0.25, 0.3) is 0 Å². The topological polar surface area (TPSA) is 105 Å². The molecule has 0 aliphatic heterocycles. The van der Waals surface area contributed by atoms with Gasteiger partial charge in [0.25, 0.3) is 0 Å². The number of alkyl halides is 3. The number of benzene rings is 1. The van der Waals surface area contributed by atoms with E-state index in [0.717, 1.165) is 12.5 Å². The number of nitrogens with one attached hydrogen (secondary N) is 2. The highest BCUT2D eigenvalue weighted by molar-refractivity contribution is 5.85. The minimum absolute atomic E-state index is 0.0378. The molecule has 0 spiro atoms. The van der Waals surface area contributed by atoms with Crippen LogP contribution in [0.5, 0.6) is 0 Å². The molecule has 1 aromatic carbocycles. The molecule has 162 valence electrons. The molecule has 29 heavy (non-hydrogen) atoms. The van der Waals surface area contributed by atoms with E-state index in [4.69, 9.17) is 9.84 Å². The molecule has 0 saturated carbocycles. The summed E-state index contributed by atoms with van der Waals surface area (Å²) in [6.45, 7) is 3.36. The van der Waals surface area contributed by atoms with E-state index in [1.165, 1.54) is 0 Å². The summed E-state index contributed by atoms with van der Waals surface area (Å²) in [5, 5.41) is 13.0. The molecule has 1 aromatic rings. The highest BCUT2D eigenvalue weighted by Crippen LogP contribution is 2.26. The number of hydrogen-bond donors (Lipinski definition) is 3. The Kier molecular flexibility index (Phi) is 9.09. The number of rotatable bonds is 10. The van der Waals surface area contributed by atoms with Crippen LogP contribution >= 0.6 is 0 Å². The predicted molar refractivity (Wildman–Crippen MR) is 97.7 cm³/mol. The summed E-state index contributed by atoms with van der Waals surface area (Å²) in [5.74, 6) is -6.62. The highest BCUT2D eigenvalue weighted by Gasteiger charge is 2.45. The van der Waals surface area contributed by atoms with Gasteiger partial charge in [0.15, 0.2) is 0 Å². The third kappa shape index (κ3) is 8.10. The Balaban J connectivity index is 2.77. The average Bonchev–Trinajstić information content (AvgIpc) is 2.62. The lowest BCUT2D eigenvalue weighted by molar-refractivity contribution is -0.183. The van der Waals surface area contributed by atoms with Gasteiger partial charge in [0, 0.05) is 6.54 Å². The first-order valence-corrected chi connectivity index (χ1v) is 8.97. The van der Waals surface area contributed by atoms with Gasteiger partial charge in [-0.3, -0.25) is 14.4 Å². The summed E-state index contributed by atoms with van der Waals surface area (Å²) >= 11 is 0. The second-order valence-electron chi connectivity index (χ2n) is 6.89. The van der Waals surface area contributed by atoms with Crippen LogP contribution < -0.4 is 10.6 Å². The molecule has 0 unspecified atom stereocenters. The molecule has 1 amide bonds. The van der Waals surface area contributed by atoms with Crippen molar-refractivity contribution in [1.29, 1.82) is 0 Å². The molecular formula is C19H25F3N2O5. The Bertz CT molecular complexity index is 695. The predicted octanol–water partition coefficient (Wildman–Crippen LogP) is 2.11. The van der Waals surface area contributed by atoms with Gasteiger partial charge in [-0.2, -0.15) is 13.2 Å². The SMILES string of the molecule is CC(C)[C@H](NC[C@H](C(=O)N[C@@H](C)C(=O)O)C(F)(F)F)C(=O)OCc1ccccc1. The summed E-state index contributed by atoms with van der Waals surface area (Å²) in [5.41, 5.74) is 0.721. The zero-order chi connectivity index (χ0) is 22.2. The molecule has 0 radical (unpaired) electrons. The number of aliphatic carboxylic acids is 1. The molecule has 1 rings (SSSR count). The van der Waals surface area contributed by atoms with Crippen molar-refractivity contribution in [2.75, 3.05) is 6.54 Å². The van der Waals surface area contributed by atoms with E-state index in [1.807, 2.05) is 0 Å². The maximum atomic E-state index is 13.3. The second kappa shape index (κ2) is 10.8. The monoisotopic (exact) mass is 418 g/mol. The summed E-state index contributed by atoms with van der Waals surface area (Å²) in [4.78, 5) is 35.0. The molecule has 0 heterocycles. The number of carbonyl (C=O) groups excluding carboxylic acids is 2. The van der Waals surface area contributed by atoms with Gasteiger partial charge >= 0.3 is 18.1 Å². The van der Waals surface area contributed by atoms with E-state index >= 15 is 0 Å². The number of carboxylic acids is 1. The van der Waals surface area contributed by atoms with E-state index in [9.17, 15) is 27.6 Å². The van der Waals surface area contributed by atoms with Crippen molar-refractivity contribution in [2.24, 2.45) is 11.8 Å². The van der Waals surface area contributed by atoms with Crippen molar-refractivity contribution in [3.05, 3.63) is 35.9 Å². The van der Waals surface area contributed by atoms with Gasteiger partial charge in [-0.25, -0.2) is 0 Å². The van der Waals surface area contributed by atoms with Crippen LogP contribution in [0.2, 0.25) is 0 Å². The largest absolute Gasteiger partial charge is 0.480 e. The van der Waals surface area contributed by atoms with Gasteiger partial charge in [0.1, 0.15) is 24.6 Å². The number of amides is 1. The van der Waals surface area contributed by atoms with Crippen molar-refractivity contribution in [2.45, 2.75) is 45.6 Å². The third-order valence-corrected chi connectivity index (χ3v) is 4.13. The average molecular weight is 418 g/mol. The Morgan fingerprint density at radius 2 is 1.69 bits per heavy atom. The molecule has 10 heteroatoms. The van der Waals surface area contributed by atoms with Crippen LogP contribution in [0.4, 0.5) is 13.2 Å². The van der Waals surface area contributed by atoms with Crippen LogP contribution in [-0.2, 0) is 25.7 Å². The van der Waals surface area contributed by atoms with Crippen molar-refractivity contribution < 1.29 is 37.4 Å². The number of carboxylic acid groups (broad SMARTS) is 1. The van der Waals surface area contributed by atoms with Gasteiger partial charge in [0.2, 0.25) is 5.91 Å². The van der Waals surface area contributed by atoms with E-state index in [2.05, 4.69) is 5.32 Å². The van der Waals surface area contributed by atoms with Gasteiger partial charge in [-0.15, -0.1) is 0 Å². The molecule has 3 N–H and O–H groups in total. The lowest BCUT2D eigenvalue weighted by Crippen LogP contribution is -2.52. The normalized spacial score (nSPS) is 14.7. The van der Waals surface area contributed by atoms with E-state index < -0.39 is 54.5 Å². The molecular weight excluding hydrogens is 393 g/mol. The fraction of sp³-hybridized carbons (Fsp3) is 0.526. The van der Waals surface area contributed by atoms with Crippen LogP contribution in [0.15, 0.2) is 30.3 Å². The summed E-state index contributed by atoms with van der Waals surface area (Å²) in [6, 6.07) is 6.21. The molecule has 0 fully saturated rings. The van der Waals surface area contributed by atoms with Gasteiger partial charge < -0.3 is 20.5 Å². The molecule has 3 atom stereocenters. The Labute approximate surface area is 166 Å². The molecule has 0 saturated heterocycles. The standard InChI is InChI=1S/C19H25F3N2O5/c1-11(2)15(18(28)29-10-13-7-5-4-6-8-13)23-9-14(19(20,21)22)16(25)24-12(3)17(26)27/h4-8,11-12,14-15,23H,9-10H2,1-3H3,(H,24,25)(H,26,27)/t12-,14+,15-/m0/s1. The van der Waals surface area contributed by atoms with Crippen LogP contribution in [0, 0.1) is 11.8 Å². The van der Waals surface area contributed by atoms with Crippen molar-refractivity contribution in [1.82, 2.24) is 10.6 Å². The zero-order valence-corrected chi connectivity index (χ0v) is 16.3. The smallest absolute Gasteiger partial charge is 0.401 e. The first-order valence-electron chi connectivity index (χ1n) is 8.97. The highest BCUT2D eigenvalue weighted by atomic mass is 19.4. The number of ether oxygens (including phenoxy) is 1. The lowest BCUT2D eigenvalue weighted by Gasteiger charge is -2.26. The Hall–Kier alpha value is -2.62. The third-order valence-electron chi connectivity index (χ3n) is 4.13. The summed E-state index contributed by atoms with van der Waals surface area (Å²) < 4.78 is 45.0. The number of esters is 1. The quantitative estimate of drug-likeness (QED) is 0.503. The van der Waals surface area contributed by atoms with E-state index in [0.29, 0.717) is 0 Å². The minimum Gasteiger partial charge on any atom is -0.480 e. The van der Waals surface area contributed by atoms with Crippen molar-refractivity contribution >= 4 is 17.8 Å². The van der Waals surface area contributed by atoms with Crippen molar-refractivity contribution in [3.63, 3.8) is 0 Å². The number of hydrogen-bond acceptors (Lipinski definition) is 5. The first-order chi connectivity index (χ1) is 13.4. The van der Waals surface area contributed by atoms with Gasteiger partial charge in [-0.05, 0) is 18.4 Å². The fourth-order valence-electron chi connectivity index (χ4n) is 2.39. The second-order valence-corrected chi connectivity index (χ2v) is 6.89. The minimum atomic E-state index is -4.93. The summed E-state index contributed by atoms with van der Waals surface area (Å²) in [6.07, 6.45) is -4.93. The van der Waals surface area contributed by atoms with E-state index in [1.54, 1.807) is 49.5 Å². The van der Waals surface area contributed by atoms with Gasteiger partial charge in [-0.1, -0.05) is 44.2 Å². The number of carbonyl (C=O) groups is 3. The van der Waals surface area contributed by atoms with Crippen LogP contribution in [0.1, 0.15) is 26.3 Å². The van der Waals surface area contributed by atoms with Gasteiger partial charge in [0.05, 0.1) is 0 Å². The molecule has 0 aliphatic carbocycles. The number of halogens is 3. The fourth-order valence-corrected chi connectivity index (χ4v) is 2.39. The van der Waals surface area contributed by atoms with E-state index in [-0.39, 0.29) is 6.61 Å². The zero-order valence-electron chi connectivity index (χ0n) is 16.3. The molecule has 0 aliphatic rings. The maximum absolute atomic E-state index is 13.3. The molecule has 7 nitrogen and oxygen atoms in total. The van der Waals surface area contributed by atoms with Crippen LogP contribution in [0.3, 0.4) is 0 Å². The summed E-state index contributed by atoms with van der Waals surface area (Å²) in [7, 11) is 0. The first kappa shape index (κ1) is 24.4.